The van der Waals surface area contributed by atoms with E-state index in [0.29, 0.717) is 11.1 Å². The van der Waals surface area contributed by atoms with E-state index in [9.17, 15) is 18.0 Å². The summed E-state index contributed by atoms with van der Waals surface area (Å²) in [6.45, 7) is 0.251. The lowest BCUT2D eigenvalue weighted by atomic mass is 9.65. The first-order chi connectivity index (χ1) is 15.1. The number of benzene rings is 3. The monoisotopic (exact) mass is 433 g/mol. The Labute approximate surface area is 185 Å². The van der Waals surface area contributed by atoms with Crippen LogP contribution in [0.15, 0.2) is 72.8 Å². The number of hydrogen-bond acceptors (Lipinski definition) is 3. The molecular weight excluding hydrogens is 417 g/mol. The normalized spacial score (nSPS) is 15.5. The molecule has 0 N–H and O–H groups in total. The molecule has 0 saturated heterocycles. The van der Waals surface area contributed by atoms with Crippen LogP contribution in [0.1, 0.15) is 15.9 Å². The molecule has 4 nitrogen and oxygen atoms in total. The molecule has 158 valence electrons. The zero-order chi connectivity index (χ0) is 22.9. The minimum absolute atomic E-state index is 0.0335. The van der Waals surface area contributed by atoms with Gasteiger partial charge in [-0.25, -0.2) is 0 Å². The fourth-order valence-electron chi connectivity index (χ4n) is 3.52. The van der Waals surface area contributed by atoms with Gasteiger partial charge < -0.3 is 14.4 Å². The first-order valence-corrected chi connectivity index (χ1v) is 9.70. The van der Waals surface area contributed by atoms with E-state index in [1.54, 1.807) is 18.2 Å². The molecule has 0 atom stereocenters. The van der Waals surface area contributed by atoms with Crippen LogP contribution in [-0.4, -0.2) is 44.8 Å². The lowest BCUT2D eigenvalue weighted by Gasteiger charge is -2.30. The maximum atomic E-state index is 13.3. The first kappa shape index (κ1) is 21.9. The number of hydrogen-bond donors (Lipinski definition) is 0. The van der Waals surface area contributed by atoms with Crippen LogP contribution in [0, 0.1) is 0 Å². The minimum atomic E-state index is -4.77. The number of amides is 1. The number of alkyl halides is 3. The highest BCUT2D eigenvalue weighted by molar-refractivity contribution is 6.39. The van der Waals surface area contributed by atoms with Crippen LogP contribution in [0.4, 0.5) is 13.2 Å². The Bertz CT molecular complexity index is 1120. The van der Waals surface area contributed by atoms with E-state index in [2.05, 4.69) is 4.74 Å². The maximum absolute atomic E-state index is 13.3. The summed E-state index contributed by atoms with van der Waals surface area (Å²) in [5, 5.41) is -1.59. The van der Waals surface area contributed by atoms with Gasteiger partial charge in [0.15, 0.2) is 0 Å². The van der Waals surface area contributed by atoms with Gasteiger partial charge in [-0.15, -0.1) is 13.2 Å². The van der Waals surface area contributed by atoms with E-state index in [-0.39, 0.29) is 36.1 Å². The van der Waals surface area contributed by atoms with Crippen molar-refractivity contribution < 1.29 is 27.4 Å². The van der Waals surface area contributed by atoms with Crippen LogP contribution in [0.25, 0.3) is 11.1 Å². The highest BCUT2D eigenvalue weighted by atomic mass is 19.4. The van der Waals surface area contributed by atoms with Crippen molar-refractivity contribution >= 4 is 21.6 Å². The Morgan fingerprint density at radius 3 is 2.28 bits per heavy atom. The van der Waals surface area contributed by atoms with Crippen molar-refractivity contribution in [2.75, 3.05) is 6.54 Å². The fraction of sp³-hybridized carbons (Fsp3) is 0.174. The fourth-order valence-corrected chi connectivity index (χ4v) is 3.52. The molecule has 0 aromatic heterocycles. The first-order valence-electron chi connectivity index (χ1n) is 9.70. The molecule has 0 spiro atoms. The van der Waals surface area contributed by atoms with Crippen molar-refractivity contribution in [1.82, 2.24) is 4.90 Å². The molecule has 1 aliphatic heterocycles. The number of nitrogens with zero attached hydrogens (tertiary/aromatic N) is 1. The summed E-state index contributed by atoms with van der Waals surface area (Å²) >= 11 is 0. The van der Waals surface area contributed by atoms with Gasteiger partial charge in [0.2, 0.25) is 0 Å². The summed E-state index contributed by atoms with van der Waals surface area (Å²) in [7, 11) is 12.1. The second kappa shape index (κ2) is 8.30. The minimum Gasteiger partial charge on any atom is -0.504 e. The van der Waals surface area contributed by atoms with Gasteiger partial charge in [-0.05, 0) is 41.0 Å². The van der Waals surface area contributed by atoms with E-state index in [4.69, 9.17) is 20.4 Å². The van der Waals surface area contributed by atoms with Crippen molar-refractivity contribution in [3.8, 4) is 22.6 Å². The van der Waals surface area contributed by atoms with Gasteiger partial charge in [-0.1, -0.05) is 48.5 Å². The van der Waals surface area contributed by atoms with Gasteiger partial charge >= 0.3 is 6.36 Å². The van der Waals surface area contributed by atoms with Crippen molar-refractivity contribution in [2.45, 2.75) is 18.3 Å². The van der Waals surface area contributed by atoms with Gasteiger partial charge in [0.05, 0.1) is 5.56 Å². The molecule has 1 amide bonds. The summed E-state index contributed by atoms with van der Waals surface area (Å²) in [6, 6.07) is 19.6. The zero-order valence-electron chi connectivity index (χ0n) is 16.8. The highest BCUT2D eigenvalue weighted by Crippen LogP contribution is 2.33. The molecule has 1 heterocycles. The smallest absolute Gasteiger partial charge is 0.504 e. The molecular formula is C23H16B2F3NO3. The average Bonchev–Trinajstić information content (AvgIpc) is 2.81. The van der Waals surface area contributed by atoms with E-state index < -0.39 is 11.8 Å². The third-order valence-electron chi connectivity index (χ3n) is 4.87. The molecule has 1 aliphatic rings. The van der Waals surface area contributed by atoms with Gasteiger partial charge in [0.1, 0.15) is 27.2 Å². The number of carbonyl (C=O) groups excluding carboxylic acids is 1. The van der Waals surface area contributed by atoms with Gasteiger partial charge in [-0.2, -0.15) is 0 Å². The lowest BCUT2D eigenvalue weighted by molar-refractivity contribution is -0.274. The van der Waals surface area contributed by atoms with Crippen molar-refractivity contribution in [3.63, 3.8) is 0 Å². The van der Waals surface area contributed by atoms with Gasteiger partial charge in [0, 0.05) is 18.5 Å². The zero-order valence-corrected chi connectivity index (χ0v) is 16.8. The summed E-state index contributed by atoms with van der Waals surface area (Å²) in [5.41, 5.74) is 2.37. The van der Waals surface area contributed by atoms with Crippen molar-refractivity contribution in [3.05, 3.63) is 83.9 Å². The Balaban J connectivity index is 1.65. The Kier molecular flexibility index (Phi) is 5.67. The van der Waals surface area contributed by atoms with Crippen LogP contribution in [0.3, 0.4) is 0 Å². The third kappa shape index (κ3) is 5.10. The average molecular weight is 433 g/mol. The molecule has 9 heteroatoms. The number of ether oxygens (including phenoxy) is 2. The van der Waals surface area contributed by atoms with Crippen LogP contribution >= 0.6 is 0 Å². The van der Waals surface area contributed by atoms with Crippen LogP contribution in [0.5, 0.6) is 11.5 Å². The molecule has 3 aromatic rings. The third-order valence-corrected chi connectivity index (χ3v) is 4.87. The molecule has 4 radical (unpaired) electrons. The second-order valence-corrected chi connectivity index (χ2v) is 7.49. The van der Waals surface area contributed by atoms with Crippen molar-refractivity contribution in [2.24, 2.45) is 0 Å². The topological polar surface area (TPSA) is 38.8 Å². The summed E-state index contributed by atoms with van der Waals surface area (Å²) < 4.78 is 46.8. The Morgan fingerprint density at radius 1 is 0.969 bits per heavy atom. The summed E-state index contributed by atoms with van der Waals surface area (Å²) in [5.74, 6) is -0.419. The second-order valence-electron chi connectivity index (χ2n) is 7.49. The largest absolute Gasteiger partial charge is 0.573 e. The number of rotatable bonds is 4. The van der Waals surface area contributed by atoms with Crippen LogP contribution < -0.4 is 9.47 Å². The highest BCUT2D eigenvalue weighted by Gasteiger charge is 2.33. The summed E-state index contributed by atoms with van der Waals surface area (Å²) in [6.07, 6.45) is -4.77. The SMILES string of the molecule is [B]C1([B])CN(Cc2ccccc2)C(=O)c2cc(-c3ccc(OC(F)(F)F)cc3)ccc2O1. The molecule has 4 rings (SSSR count). The quantitative estimate of drug-likeness (QED) is 0.577. The molecule has 3 aromatic carbocycles. The predicted molar refractivity (Wildman–Crippen MR) is 115 cm³/mol. The van der Waals surface area contributed by atoms with E-state index in [0.717, 1.165) is 5.56 Å². The molecule has 0 saturated carbocycles. The Hall–Kier alpha value is -3.35. The molecule has 0 aliphatic carbocycles. The van der Waals surface area contributed by atoms with Gasteiger partial charge in [0.25, 0.3) is 5.91 Å². The standard InChI is InChI=1S/C23H16B2F3NO3/c24-22(25)14-29(13-15-4-2-1-3-5-15)21(30)19-12-17(8-11-20(19)32-22)16-6-9-18(10-7-16)31-23(26,27)28/h1-12H,13-14H2. The summed E-state index contributed by atoms with van der Waals surface area (Å²) in [4.78, 5) is 14.8. The number of carbonyl (C=O) groups is 1. The van der Waals surface area contributed by atoms with Gasteiger partial charge in [-0.3, -0.25) is 4.79 Å². The van der Waals surface area contributed by atoms with Crippen molar-refractivity contribution in [1.29, 1.82) is 0 Å². The van der Waals surface area contributed by atoms with E-state index >= 15 is 0 Å². The van der Waals surface area contributed by atoms with Crippen LogP contribution in [0.2, 0.25) is 0 Å². The molecule has 32 heavy (non-hydrogen) atoms. The molecule has 0 bridgehead atoms. The number of halogens is 3. The molecule has 0 fully saturated rings. The Morgan fingerprint density at radius 2 is 1.62 bits per heavy atom. The number of fused-ring (bicyclic) bond motifs is 1. The maximum Gasteiger partial charge on any atom is 0.573 e. The lowest BCUT2D eigenvalue weighted by Crippen LogP contribution is -2.48. The predicted octanol–water partition coefficient (Wildman–Crippen LogP) is 4.28. The molecule has 0 unspecified atom stereocenters. The van der Waals surface area contributed by atoms with E-state index in [1.807, 2.05) is 30.3 Å². The van der Waals surface area contributed by atoms with Crippen LogP contribution in [-0.2, 0) is 6.54 Å². The van der Waals surface area contributed by atoms with E-state index in [1.165, 1.54) is 29.2 Å².